The highest BCUT2D eigenvalue weighted by Gasteiger charge is 2.38. The highest BCUT2D eigenvalue weighted by Crippen LogP contribution is 2.41. The van der Waals surface area contributed by atoms with Crippen LogP contribution < -0.4 is 16.0 Å². The normalized spacial score (nSPS) is 15.5. The van der Waals surface area contributed by atoms with Gasteiger partial charge in [0, 0.05) is 23.3 Å². The third-order valence-electron chi connectivity index (χ3n) is 5.91. The summed E-state index contributed by atoms with van der Waals surface area (Å²) in [7, 11) is 1.27. The van der Waals surface area contributed by atoms with Crippen molar-refractivity contribution in [2.24, 2.45) is 5.73 Å². The van der Waals surface area contributed by atoms with Gasteiger partial charge in [-0.1, -0.05) is 37.6 Å². The minimum atomic E-state index is -0.743. The molecule has 7 nitrogen and oxygen atoms in total. The molecule has 8 heteroatoms. The smallest absolute Gasteiger partial charge is 0.340 e. The van der Waals surface area contributed by atoms with Crippen LogP contribution in [0, 0.1) is 6.92 Å². The van der Waals surface area contributed by atoms with Gasteiger partial charge >= 0.3 is 5.97 Å². The minimum absolute atomic E-state index is 0.0765. The van der Waals surface area contributed by atoms with Gasteiger partial charge in [-0.25, -0.2) is 4.79 Å². The Bertz CT molecular complexity index is 1090. The summed E-state index contributed by atoms with van der Waals surface area (Å²) in [6.45, 7) is 9.49. The van der Waals surface area contributed by atoms with Gasteiger partial charge in [0.1, 0.15) is 11.3 Å². The summed E-state index contributed by atoms with van der Waals surface area (Å²) >= 11 is 6.23. The number of methoxy groups -OCH3 is 1. The number of nitrogens with two attached hydrogens (primary N) is 1. The Kier molecular flexibility index (Phi) is 7.64. The van der Waals surface area contributed by atoms with E-state index in [0.717, 1.165) is 31.7 Å². The number of fused-ring (bicyclic) bond motifs is 1. The lowest BCUT2D eigenvalue weighted by Crippen LogP contribution is -2.35. The molecule has 1 aromatic heterocycles. The van der Waals surface area contributed by atoms with Crippen LogP contribution in [-0.4, -0.2) is 42.2 Å². The SMILES string of the molecule is CCN(CC)CCCn1c(C)cc2c(c1=O)C(c1cccc(Cl)c1)C(C(=O)OC)=C(N)O2. The van der Waals surface area contributed by atoms with E-state index in [1.165, 1.54) is 7.11 Å². The summed E-state index contributed by atoms with van der Waals surface area (Å²) in [5.74, 6) is -1.12. The fourth-order valence-corrected chi connectivity index (χ4v) is 4.38. The van der Waals surface area contributed by atoms with E-state index in [-0.39, 0.29) is 17.0 Å². The second kappa shape index (κ2) is 10.2. The van der Waals surface area contributed by atoms with Gasteiger partial charge in [-0.2, -0.15) is 0 Å². The first-order valence-corrected chi connectivity index (χ1v) is 11.2. The number of nitrogens with zero attached hydrogens (tertiary/aromatic N) is 2. The van der Waals surface area contributed by atoms with E-state index in [9.17, 15) is 9.59 Å². The topological polar surface area (TPSA) is 86.8 Å². The first-order chi connectivity index (χ1) is 15.3. The molecule has 1 atom stereocenters. The third-order valence-corrected chi connectivity index (χ3v) is 6.14. The minimum Gasteiger partial charge on any atom is -0.465 e. The Hall–Kier alpha value is -2.77. The van der Waals surface area contributed by atoms with Crippen LogP contribution in [0.25, 0.3) is 0 Å². The maximum Gasteiger partial charge on any atom is 0.340 e. The predicted molar refractivity (Wildman–Crippen MR) is 125 cm³/mol. The Balaban J connectivity index is 2.12. The van der Waals surface area contributed by atoms with E-state index >= 15 is 0 Å². The van der Waals surface area contributed by atoms with Crippen molar-refractivity contribution in [2.75, 3.05) is 26.7 Å². The number of aryl methyl sites for hydroxylation is 1. The van der Waals surface area contributed by atoms with Crippen LogP contribution in [-0.2, 0) is 16.1 Å². The van der Waals surface area contributed by atoms with E-state index in [2.05, 4.69) is 18.7 Å². The molecule has 1 aromatic carbocycles. The summed E-state index contributed by atoms with van der Waals surface area (Å²) in [5, 5.41) is 0.491. The van der Waals surface area contributed by atoms with Gasteiger partial charge in [0.25, 0.3) is 5.56 Å². The number of hydrogen-bond acceptors (Lipinski definition) is 6. The van der Waals surface area contributed by atoms with Crippen molar-refractivity contribution < 1.29 is 14.3 Å². The zero-order valence-electron chi connectivity index (χ0n) is 19.0. The molecule has 1 aliphatic heterocycles. The fraction of sp³-hybridized carbons (Fsp3) is 0.417. The second-order valence-electron chi connectivity index (χ2n) is 7.76. The maximum atomic E-state index is 13.7. The Morgan fingerprint density at radius 2 is 2.00 bits per heavy atom. The lowest BCUT2D eigenvalue weighted by Gasteiger charge is -2.29. The van der Waals surface area contributed by atoms with Gasteiger partial charge in [0.2, 0.25) is 5.88 Å². The first-order valence-electron chi connectivity index (χ1n) is 10.8. The molecule has 0 fully saturated rings. The Labute approximate surface area is 193 Å². The molecule has 32 heavy (non-hydrogen) atoms. The largest absolute Gasteiger partial charge is 0.465 e. The number of esters is 1. The van der Waals surface area contributed by atoms with Crippen LogP contribution >= 0.6 is 11.6 Å². The van der Waals surface area contributed by atoms with Crippen LogP contribution in [0.5, 0.6) is 5.75 Å². The number of aromatic nitrogens is 1. The van der Waals surface area contributed by atoms with E-state index in [4.69, 9.17) is 26.8 Å². The number of pyridine rings is 1. The van der Waals surface area contributed by atoms with Crippen LogP contribution in [0.3, 0.4) is 0 Å². The van der Waals surface area contributed by atoms with Crippen molar-refractivity contribution in [3.63, 3.8) is 0 Å². The molecule has 0 radical (unpaired) electrons. The van der Waals surface area contributed by atoms with Gasteiger partial charge in [-0.05, 0) is 50.7 Å². The second-order valence-corrected chi connectivity index (χ2v) is 8.20. The summed E-state index contributed by atoms with van der Waals surface area (Å²) in [5.41, 5.74) is 7.81. The molecule has 0 bridgehead atoms. The molecule has 0 aliphatic carbocycles. The van der Waals surface area contributed by atoms with Crippen LogP contribution in [0.1, 0.15) is 43.0 Å². The number of benzene rings is 1. The average molecular weight is 460 g/mol. The van der Waals surface area contributed by atoms with E-state index in [0.29, 0.717) is 28.4 Å². The van der Waals surface area contributed by atoms with Crippen molar-refractivity contribution in [3.8, 4) is 5.75 Å². The van der Waals surface area contributed by atoms with Gasteiger partial charge in [-0.15, -0.1) is 0 Å². The zero-order valence-corrected chi connectivity index (χ0v) is 19.7. The molecule has 0 saturated carbocycles. The number of rotatable bonds is 8. The quantitative estimate of drug-likeness (QED) is 0.609. The van der Waals surface area contributed by atoms with Gasteiger partial charge in [0.15, 0.2) is 0 Å². The molecule has 2 heterocycles. The van der Waals surface area contributed by atoms with Crippen molar-refractivity contribution >= 4 is 17.6 Å². The van der Waals surface area contributed by atoms with E-state index < -0.39 is 11.9 Å². The highest BCUT2D eigenvalue weighted by molar-refractivity contribution is 6.30. The van der Waals surface area contributed by atoms with Crippen molar-refractivity contribution in [1.29, 1.82) is 0 Å². The molecule has 1 aliphatic rings. The number of carbonyl (C=O) groups is 1. The summed E-state index contributed by atoms with van der Waals surface area (Å²) < 4.78 is 12.4. The molecule has 3 rings (SSSR count). The third kappa shape index (κ3) is 4.69. The number of halogens is 1. The van der Waals surface area contributed by atoms with Gasteiger partial charge in [-0.3, -0.25) is 4.79 Å². The first kappa shape index (κ1) is 23.9. The van der Waals surface area contributed by atoms with Crippen molar-refractivity contribution in [1.82, 2.24) is 9.47 Å². The van der Waals surface area contributed by atoms with Gasteiger partial charge in [0.05, 0.1) is 18.6 Å². The van der Waals surface area contributed by atoms with Gasteiger partial charge < -0.3 is 24.7 Å². The molecule has 172 valence electrons. The number of hydrogen-bond donors (Lipinski definition) is 1. The monoisotopic (exact) mass is 459 g/mol. The Morgan fingerprint density at radius 1 is 1.28 bits per heavy atom. The predicted octanol–water partition coefficient (Wildman–Crippen LogP) is 3.41. The molecule has 0 amide bonds. The summed E-state index contributed by atoms with van der Waals surface area (Å²) in [4.78, 5) is 28.7. The summed E-state index contributed by atoms with van der Waals surface area (Å²) in [6, 6.07) is 8.84. The highest BCUT2D eigenvalue weighted by atomic mass is 35.5. The average Bonchev–Trinajstić information content (AvgIpc) is 2.77. The number of carbonyl (C=O) groups excluding carboxylic acids is 1. The van der Waals surface area contributed by atoms with Crippen LogP contribution in [0.4, 0.5) is 0 Å². The fourth-order valence-electron chi connectivity index (χ4n) is 4.18. The molecular formula is C24H30ClN3O4. The van der Waals surface area contributed by atoms with Crippen LogP contribution in [0.2, 0.25) is 5.02 Å². The zero-order chi connectivity index (χ0) is 23.4. The van der Waals surface area contributed by atoms with Crippen molar-refractivity contribution in [2.45, 2.75) is 39.7 Å². The molecule has 0 spiro atoms. The molecule has 0 saturated heterocycles. The summed E-state index contributed by atoms with van der Waals surface area (Å²) in [6.07, 6.45) is 0.825. The van der Waals surface area contributed by atoms with E-state index in [1.54, 1.807) is 28.8 Å². The lowest BCUT2D eigenvalue weighted by molar-refractivity contribution is -0.136. The Morgan fingerprint density at radius 3 is 2.62 bits per heavy atom. The molecule has 2 aromatic rings. The standard InChI is InChI=1S/C24H30ClN3O4/c1-5-27(6-2)11-8-12-28-15(3)13-18-20(23(28)29)19(16-9-7-10-17(25)14-16)21(22(26)32-18)24(30)31-4/h7,9-10,13-14,19H,5-6,8,11-12,26H2,1-4H3. The number of ether oxygens (including phenoxy) is 2. The molecule has 1 unspecified atom stereocenters. The molecular weight excluding hydrogens is 430 g/mol. The van der Waals surface area contributed by atoms with Crippen molar-refractivity contribution in [3.05, 3.63) is 74.0 Å². The maximum absolute atomic E-state index is 13.7. The van der Waals surface area contributed by atoms with E-state index in [1.807, 2.05) is 13.0 Å². The lowest BCUT2D eigenvalue weighted by atomic mass is 9.83. The molecule has 2 N–H and O–H groups in total. The van der Waals surface area contributed by atoms with Crippen LogP contribution in [0.15, 0.2) is 46.6 Å².